The predicted octanol–water partition coefficient (Wildman–Crippen LogP) is 5.72. The van der Waals surface area contributed by atoms with Gasteiger partial charge in [0.05, 0.1) is 11.1 Å². The van der Waals surface area contributed by atoms with Gasteiger partial charge in [-0.3, -0.25) is 0 Å². The summed E-state index contributed by atoms with van der Waals surface area (Å²) >= 11 is 0. The maximum atomic E-state index is 11.1. The third-order valence-corrected chi connectivity index (χ3v) is 6.16. The largest absolute Gasteiger partial charge is 0.386 e. The second kappa shape index (κ2) is 7.42. The molecule has 2 aliphatic carbocycles. The lowest BCUT2D eigenvalue weighted by atomic mass is 9.80. The Bertz CT molecular complexity index is 1220. The van der Waals surface area contributed by atoms with Gasteiger partial charge in [0.2, 0.25) is 0 Å². The van der Waals surface area contributed by atoms with Crippen LogP contribution in [0.3, 0.4) is 0 Å². The molecule has 0 atom stereocenters. The summed E-state index contributed by atoms with van der Waals surface area (Å²) in [5, 5.41) is 0. The van der Waals surface area contributed by atoms with Gasteiger partial charge in [0, 0.05) is 0 Å². The fourth-order valence-corrected chi connectivity index (χ4v) is 4.70. The zero-order valence-corrected chi connectivity index (χ0v) is 16.9. The first kappa shape index (κ1) is 18.6. The molecule has 0 amide bonds. The molecule has 0 bridgehead atoms. The van der Waals surface area contributed by atoms with E-state index in [0.29, 0.717) is 11.1 Å². The van der Waals surface area contributed by atoms with E-state index < -0.39 is 11.9 Å². The molecule has 6 rings (SSSR count). The average Bonchev–Trinajstić information content (AvgIpc) is 3.08. The monoisotopic (exact) mass is 394 g/mol. The zero-order valence-electron chi connectivity index (χ0n) is 16.9. The lowest BCUT2D eigenvalue weighted by molar-refractivity contribution is 0.0443. The Labute approximate surface area is 176 Å². The van der Waals surface area contributed by atoms with Crippen molar-refractivity contribution in [2.45, 2.75) is 32.6 Å². The Morgan fingerprint density at radius 2 is 1.57 bits per heavy atom. The topological polar surface area (TPSA) is 43.4 Å². The van der Waals surface area contributed by atoms with E-state index in [-0.39, 0.29) is 0 Å². The second-order valence-corrected chi connectivity index (χ2v) is 7.93. The normalized spacial score (nSPS) is 15.2. The number of rotatable bonds is 0. The van der Waals surface area contributed by atoms with E-state index in [1.54, 1.807) is 36.2 Å². The molecule has 3 nitrogen and oxygen atoms in total. The number of carbonyl (C=O) groups excluding carboxylic acids is 2. The van der Waals surface area contributed by atoms with Gasteiger partial charge in [-0.1, -0.05) is 60.7 Å². The van der Waals surface area contributed by atoms with Crippen molar-refractivity contribution >= 4 is 18.0 Å². The smallest absolute Gasteiger partial charge is 0.347 e. The Kier molecular flexibility index (Phi) is 4.59. The third-order valence-electron chi connectivity index (χ3n) is 6.16. The van der Waals surface area contributed by atoms with Crippen LogP contribution in [0.1, 0.15) is 55.0 Å². The Balaban J connectivity index is 0.000000140. The quantitative estimate of drug-likeness (QED) is 0.362. The van der Waals surface area contributed by atoms with Gasteiger partial charge in [-0.05, 0) is 77.6 Å². The van der Waals surface area contributed by atoms with Crippen LogP contribution in [0.5, 0.6) is 0 Å². The van der Waals surface area contributed by atoms with Crippen LogP contribution in [-0.2, 0) is 24.0 Å². The lowest BCUT2D eigenvalue weighted by Crippen LogP contribution is -2.09. The number of hydrogen-bond acceptors (Lipinski definition) is 3. The molecular formula is C27H22O3. The minimum absolute atomic E-state index is 0.375. The van der Waals surface area contributed by atoms with Crippen LogP contribution in [0.15, 0.2) is 60.7 Å². The van der Waals surface area contributed by atoms with E-state index in [1.807, 2.05) is 0 Å². The molecular weight excluding hydrogens is 372 g/mol. The summed E-state index contributed by atoms with van der Waals surface area (Å²) in [4.78, 5) is 22.0. The van der Waals surface area contributed by atoms with Crippen molar-refractivity contribution in [3.63, 3.8) is 0 Å². The molecule has 1 heterocycles. The Morgan fingerprint density at radius 3 is 2.43 bits per heavy atom. The van der Waals surface area contributed by atoms with Crippen LogP contribution in [0, 0.1) is 6.92 Å². The average molecular weight is 394 g/mol. The number of benzene rings is 3. The van der Waals surface area contributed by atoms with Crippen LogP contribution >= 0.6 is 0 Å². The number of fused-ring (bicyclic) bond motifs is 6. The lowest BCUT2D eigenvalue weighted by Gasteiger charge is -2.25. The molecule has 3 aromatic rings. The van der Waals surface area contributed by atoms with Gasteiger partial charge in [-0.2, -0.15) is 0 Å². The van der Waals surface area contributed by atoms with E-state index in [1.165, 1.54) is 47.9 Å². The van der Waals surface area contributed by atoms with Gasteiger partial charge in [-0.15, -0.1) is 0 Å². The van der Waals surface area contributed by atoms with Crippen LogP contribution in [0.2, 0.25) is 0 Å². The summed E-state index contributed by atoms with van der Waals surface area (Å²) in [7, 11) is 0. The van der Waals surface area contributed by atoms with E-state index in [0.717, 1.165) is 5.56 Å². The molecule has 0 fully saturated rings. The highest BCUT2D eigenvalue weighted by Crippen LogP contribution is 2.38. The molecule has 0 saturated carbocycles. The van der Waals surface area contributed by atoms with Crippen molar-refractivity contribution in [3.8, 4) is 11.1 Å². The van der Waals surface area contributed by atoms with Gasteiger partial charge in [0.25, 0.3) is 0 Å². The van der Waals surface area contributed by atoms with Crippen LogP contribution < -0.4 is 0 Å². The van der Waals surface area contributed by atoms with Crippen LogP contribution in [0.4, 0.5) is 0 Å². The van der Waals surface area contributed by atoms with E-state index in [2.05, 4.69) is 53.3 Å². The second-order valence-electron chi connectivity index (χ2n) is 7.93. The first-order chi connectivity index (χ1) is 14.6. The van der Waals surface area contributed by atoms with Crippen molar-refractivity contribution in [2.75, 3.05) is 0 Å². The van der Waals surface area contributed by atoms with E-state index in [4.69, 9.17) is 0 Å². The zero-order chi connectivity index (χ0) is 20.7. The van der Waals surface area contributed by atoms with Crippen LogP contribution in [-0.4, -0.2) is 11.9 Å². The summed E-state index contributed by atoms with van der Waals surface area (Å²) < 4.78 is 4.43. The summed E-state index contributed by atoms with van der Waals surface area (Å²) in [5.41, 5.74) is 10.7. The van der Waals surface area contributed by atoms with Gasteiger partial charge in [0.15, 0.2) is 0 Å². The van der Waals surface area contributed by atoms with Crippen molar-refractivity contribution < 1.29 is 14.3 Å². The van der Waals surface area contributed by atoms with E-state index in [9.17, 15) is 9.59 Å². The number of hydrogen-bond donors (Lipinski definition) is 0. The highest BCUT2D eigenvalue weighted by molar-refractivity contribution is 6.15. The predicted molar refractivity (Wildman–Crippen MR) is 118 cm³/mol. The number of allylic oxidation sites excluding steroid dienone is 1. The minimum atomic E-state index is -0.543. The maximum Gasteiger partial charge on any atom is 0.347 e. The van der Waals surface area contributed by atoms with Gasteiger partial charge >= 0.3 is 11.9 Å². The fourth-order valence-electron chi connectivity index (χ4n) is 4.70. The number of carbonyl (C=O) groups is 2. The van der Waals surface area contributed by atoms with Crippen molar-refractivity contribution in [1.29, 1.82) is 0 Å². The van der Waals surface area contributed by atoms with Crippen molar-refractivity contribution in [2.24, 2.45) is 0 Å². The third kappa shape index (κ3) is 3.07. The highest BCUT2D eigenvalue weighted by atomic mass is 16.6. The molecule has 0 spiro atoms. The summed E-state index contributed by atoms with van der Waals surface area (Å²) in [5.74, 6) is -1.08. The molecule has 0 saturated heterocycles. The minimum Gasteiger partial charge on any atom is -0.386 e. The highest BCUT2D eigenvalue weighted by Gasteiger charge is 2.30. The number of esters is 2. The molecule has 0 radical (unpaired) electrons. The molecule has 0 aromatic heterocycles. The molecule has 3 aliphatic rings. The molecule has 148 valence electrons. The molecule has 0 unspecified atom stereocenters. The molecule has 1 aliphatic heterocycles. The first-order valence-corrected chi connectivity index (χ1v) is 10.4. The van der Waals surface area contributed by atoms with Crippen molar-refractivity contribution in [1.82, 2.24) is 0 Å². The fraction of sp³-hybridized carbons (Fsp3) is 0.185. The SMILES string of the molecule is C1=Cc2ccc3c(c2CC1)CCc1ccccc1-3.Cc1cccc2c1C(=O)OC2=O. The van der Waals surface area contributed by atoms with Gasteiger partial charge in [-0.25, -0.2) is 9.59 Å². The van der Waals surface area contributed by atoms with Crippen molar-refractivity contribution in [3.05, 3.63) is 99.6 Å². The molecule has 3 aromatic carbocycles. The summed E-state index contributed by atoms with van der Waals surface area (Å²) in [6, 6.07) is 18.6. The summed E-state index contributed by atoms with van der Waals surface area (Å²) in [6.07, 6.45) is 9.42. The molecule has 0 N–H and O–H groups in total. The van der Waals surface area contributed by atoms with Crippen LogP contribution in [0.25, 0.3) is 17.2 Å². The maximum absolute atomic E-state index is 11.1. The Morgan fingerprint density at radius 1 is 0.733 bits per heavy atom. The van der Waals surface area contributed by atoms with E-state index >= 15 is 0 Å². The molecule has 30 heavy (non-hydrogen) atoms. The van der Waals surface area contributed by atoms with Gasteiger partial charge < -0.3 is 4.74 Å². The van der Waals surface area contributed by atoms with Gasteiger partial charge in [0.1, 0.15) is 0 Å². The number of aryl methyl sites for hydroxylation is 2. The Hall–Kier alpha value is -3.46. The standard InChI is InChI=1S/C18H16.C9H6O3/c1-3-7-15-13(5-1)9-11-18-16-8-4-2-6-14(16)10-12-17(15)18;1-5-3-2-4-6-7(5)9(11)12-8(6)10/h1-3,5-7,10,12H,4,8-9,11H2;2-4H,1H3. The number of cyclic esters (lactones) is 2. The molecule has 3 heteroatoms. The number of ether oxygens (including phenoxy) is 1. The first-order valence-electron chi connectivity index (χ1n) is 10.4. The summed E-state index contributed by atoms with van der Waals surface area (Å²) in [6.45, 7) is 1.78.